The fourth-order valence-electron chi connectivity index (χ4n) is 4.15. The Morgan fingerprint density at radius 2 is 1.41 bits per heavy atom. The van der Waals surface area contributed by atoms with Crippen molar-refractivity contribution in [3.05, 3.63) is 70.8 Å². The third kappa shape index (κ3) is 3.35. The number of benzene rings is 2. The van der Waals surface area contributed by atoms with Gasteiger partial charge in [0, 0.05) is 5.92 Å². The van der Waals surface area contributed by atoms with Crippen molar-refractivity contribution >= 4 is 11.6 Å². The minimum atomic E-state index is -1.41. The third-order valence-electron chi connectivity index (χ3n) is 5.75. The topological polar surface area (TPSA) is 52.6 Å². The molecule has 2 aromatic carbocycles. The van der Waals surface area contributed by atoms with E-state index in [0.717, 1.165) is 12.0 Å². The smallest absolute Gasteiger partial charge is 0.260 e. The Morgan fingerprint density at radius 3 is 1.93 bits per heavy atom. The second-order valence-electron chi connectivity index (χ2n) is 7.77. The number of carbonyl (C=O) groups excluding carboxylic acids is 2. The van der Waals surface area contributed by atoms with Gasteiger partial charge in [-0.05, 0) is 43.7 Å². The summed E-state index contributed by atoms with van der Waals surface area (Å²) in [7, 11) is 0. The SMILES string of the molecule is Cc1ccc(CC2COC3(OCC(=O)C3=O)C2Cc2ccc(C)cc2)cc1. The Kier molecular flexibility index (Phi) is 4.70. The van der Waals surface area contributed by atoms with Crippen LogP contribution in [0.3, 0.4) is 0 Å². The van der Waals surface area contributed by atoms with Crippen molar-refractivity contribution < 1.29 is 19.1 Å². The van der Waals surface area contributed by atoms with Gasteiger partial charge in [0.05, 0.1) is 6.61 Å². The molecule has 27 heavy (non-hydrogen) atoms. The minimum Gasteiger partial charge on any atom is -0.343 e. The molecule has 0 aromatic heterocycles. The molecule has 4 rings (SSSR count). The van der Waals surface area contributed by atoms with Crippen LogP contribution in [0.1, 0.15) is 22.3 Å². The van der Waals surface area contributed by atoms with Crippen molar-refractivity contribution in [3.63, 3.8) is 0 Å². The van der Waals surface area contributed by atoms with Crippen LogP contribution < -0.4 is 0 Å². The summed E-state index contributed by atoms with van der Waals surface area (Å²) in [5.74, 6) is -2.48. The van der Waals surface area contributed by atoms with Gasteiger partial charge >= 0.3 is 0 Å². The van der Waals surface area contributed by atoms with Crippen LogP contribution in [0.25, 0.3) is 0 Å². The number of rotatable bonds is 4. The normalized spacial score (nSPS) is 27.6. The molecule has 4 heteroatoms. The van der Waals surface area contributed by atoms with E-state index in [1.165, 1.54) is 16.7 Å². The lowest BCUT2D eigenvalue weighted by molar-refractivity contribution is -0.201. The maximum Gasteiger partial charge on any atom is 0.260 e. The number of hydrogen-bond acceptors (Lipinski definition) is 4. The second-order valence-corrected chi connectivity index (χ2v) is 7.77. The maximum absolute atomic E-state index is 12.6. The molecule has 2 heterocycles. The molecule has 2 fully saturated rings. The highest BCUT2D eigenvalue weighted by Crippen LogP contribution is 2.44. The lowest BCUT2D eigenvalue weighted by Crippen LogP contribution is -2.45. The molecule has 0 aliphatic carbocycles. The average molecular weight is 364 g/mol. The number of ether oxygens (including phenoxy) is 2. The van der Waals surface area contributed by atoms with E-state index in [1.54, 1.807) is 0 Å². The minimum absolute atomic E-state index is 0.115. The van der Waals surface area contributed by atoms with E-state index in [-0.39, 0.29) is 18.4 Å². The molecule has 2 saturated heterocycles. The highest BCUT2D eigenvalue weighted by Gasteiger charge is 2.61. The first kappa shape index (κ1) is 18.1. The van der Waals surface area contributed by atoms with E-state index in [4.69, 9.17) is 9.47 Å². The molecule has 0 saturated carbocycles. The molecule has 1 spiro atoms. The standard InChI is InChI=1S/C23H24O4/c1-15-3-7-17(8-4-15)11-19-13-26-23(22(25)21(24)14-27-23)20(19)12-18-9-5-16(2)6-10-18/h3-10,19-20H,11-14H2,1-2H3. The fourth-order valence-corrected chi connectivity index (χ4v) is 4.15. The largest absolute Gasteiger partial charge is 0.343 e. The summed E-state index contributed by atoms with van der Waals surface area (Å²) in [5, 5.41) is 0. The molecule has 140 valence electrons. The lowest BCUT2D eigenvalue weighted by atomic mass is 9.78. The van der Waals surface area contributed by atoms with E-state index < -0.39 is 17.4 Å². The number of aryl methyl sites for hydroxylation is 2. The van der Waals surface area contributed by atoms with E-state index in [2.05, 4.69) is 55.5 Å². The molecule has 3 unspecified atom stereocenters. The molecule has 4 nitrogen and oxygen atoms in total. The molecule has 2 aromatic rings. The molecular weight excluding hydrogens is 340 g/mol. The van der Waals surface area contributed by atoms with Gasteiger partial charge in [0.2, 0.25) is 11.6 Å². The maximum atomic E-state index is 12.6. The monoisotopic (exact) mass is 364 g/mol. The molecular formula is C23H24O4. The molecule has 0 radical (unpaired) electrons. The lowest BCUT2D eigenvalue weighted by Gasteiger charge is -2.29. The summed E-state index contributed by atoms with van der Waals surface area (Å²) in [6.07, 6.45) is 1.44. The van der Waals surface area contributed by atoms with Crippen molar-refractivity contribution in [3.8, 4) is 0 Å². The van der Waals surface area contributed by atoms with Crippen molar-refractivity contribution in [2.24, 2.45) is 11.8 Å². The molecule has 2 aliphatic heterocycles. The van der Waals surface area contributed by atoms with Crippen LogP contribution >= 0.6 is 0 Å². The predicted octanol–water partition coefficient (Wildman–Crippen LogP) is 3.22. The zero-order chi connectivity index (χ0) is 19.0. The van der Waals surface area contributed by atoms with Gasteiger partial charge in [-0.15, -0.1) is 0 Å². The van der Waals surface area contributed by atoms with E-state index in [9.17, 15) is 9.59 Å². The van der Waals surface area contributed by atoms with E-state index in [0.29, 0.717) is 13.0 Å². The summed E-state index contributed by atoms with van der Waals surface area (Å²) in [6, 6.07) is 16.7. The van der Waals surface area contributed by atoms with Crippen molar-refractivity contribution in [2.75, 3.05) is 13.2 Å². The number of hydrogen-bond donors (Lipinski definition) is 0. The molecule has 0 bridgehead atoms. The van der Waals surface area contributed by atoms with E-state index in [1.807, 2.05) is 6.92 Å². The van der Waals surface area contributed by atoms with E-state index >= 15 is 0 Å². The Balaban J connectivity index is 1.63. The Bertz CT molecular complexity index is 853. The number of ketones is 2. The molecule has 2 aliphatic rings. The van der Waals surface area contributed by atoms with Crippen LogP contribution in [0.5, 0.6) is 0 Å². The van der Waals surface area contributed by atoms with Crippen LogP contribution in [0.4, 0.5) is 0 Å². The molecule has 3 atom stereocenters. The van der Waals surface area contributed by atoms with Crippen molar-refractivity contribution in [1.29, 1.82) is 0 Å². The van der Waals surface area contributed by atoms with Gasteiger partial charge in [-0.2, -0.15) is 0 Å². The highest BCUT2D eigenvalue weighted by molar-refractivity contribution is 6.42. The van der Waals surface area contributed by atoms with Gasteiger partial charge in [0.1, 0.15) is 6.61 Å². The van der Waals surface area contributed by atoms with Crippen LogP contribution in [0.2, 0.25) is 0 Å². The van der Waals surface area contributed by atoms with Gasteiger partial charge in [-0.1, -0.05) is 59.7 Å². The average Bonchev–Trinajstić information content (AvgIpc) is 3.15. The Morgan fingerprint density at radius 1 is 0.852 bits per heavy atom. The van der Waals surface area contributed by atoms with Gasteiger partial charge in [-0.25, -0.2) is 0 Å². The van der Waals surface area contributed by atoms with Gasteiger partial charge in [0.25, 0.3) is 5.78 Å². The molecule has 0 amide bonds. The van der Waals surface area contributed by atoms with Crippen molar-refractivity contribution in [2.45, 2.75) is 32.5 Å². The first-order valence-corrected chi connectivity index (χ1v) is 9.44. The number of Topliss-reactive ketones (excluding diaryl/α,β-unsaturated/α-hetero) is 2. The zero-order valence-corrected chi connectivity index (χ0v) is 15.7. The zero-order valence-electron chi connectivity index (χ0n) is 15.7. The van der Waals surface area contributed by atoms with Gasteiger partial charge in [0.15, 0.2) is 0 Å². The fraction of sp³-hybridized carbons (Fsp3) is 0.391. The quantitative estimate of drug-likeness (QED) is 0.782. The Labute approximate surface area is 159 Å². The summed E-state index contributed by atoms with van der Waals surface area (Å²) in [5.41, 5.74) is 4.74. The summed E-state index contributed by atoms with van der Waals surface area (Å²) in [6.45, 7) is 4.35. The summed E-state index contributed by atoms with van der Waals surface area (Å²) >= 11 is 0. The van der Waals surface area contributed by atoms with Crippen LogP contribution in [0.15, 0.2) is 48.5 Å². The summed E-state index contributed by atoms with van der Waals surface area (Å²) in [4.78, 5) is 24.6. The Hall–Kier alpha value is -2.30. The third-order valence-corrected chi connectivity index (χ3v) is 5.75. The first-order chi connectivity index (χ1) is 13.0. The van der Waals surface area contributed by atoms with Crippen LogP contribution in [-0.2, 0) is 31.9 Å². The van der Waals surface area contributed by atoms with Crippen LogP contribution in [-0.4, -0.2) is 30.6 Å². The first-order valence-electron chi connectivity index (χ1n) is 9.44. The molecule has 0 N–H and O–H groups in total. The predicted molar refractivity (Wildman–Crippen MR) is 101 cm³/mol. The van der Waals surface area contributed by atoms with Gasteiger partial charge in [-0.3, -0.25) is 9.59 Å². The highest BCUT2D eigenvalue weighted by atomic mass is 16.7. The second kappa shape index (κ2) is 7.02. The van der Waals surface area contributed by atoms with Gasteiger partial charge < -0.3 is 9.47 Å². The summed E-state index contributed by atoms with van der Waals surface area (Å²) < 4.78 is 11.6. The van der Waals surface area contributed by atoms with Crippen LogP contribution in [0, 0.1) is 25.7 Å². The number of carbonyl (C=O) groups is 2. The van der Waals surface area contributed by atoms with Crippen molar-refractivity contribution in [1.82, 2.24) is 0 Å².